The van der Waals surface area contributed by atoms with Crippen LogP contribution in [0.4, 0.5) is 0 Å². The summed E-state index contributed by atoms with van der Waals surface area (Å²) >= 11 is 0. The van der Waals surface area contributed by atoms with Gasteiger partial charge in [0.2, 0.25) is 5.75 Å². The summed E-state index contributed by atoms with van der Waals surface area (Å²) < 4.78 is 16.1. The lowest BCUT2D eigenvalue weighted by atomic mass is 10.0. The van der Waals surface area contributed by atoms with Crippen LogP contribution in [0.2, 0.25) is 0 Å². The summed E-state index contributed by atoms with van der Waals surface area (Å²) in [6, 6.07) is 5.35. The van der Waals surface area contributed by atoms with E-state index in [0.29, 0.717) is 34.0 Å². The van der Waals surface area contributed by atoms with Crippen molar-refractivity contribution in [2.75, 3.05) is 21.3 Å². The van der Waals surface area contributed by atoms with Gasteiger partial charge in [-0.25, -0.2) is 0 Å². The third-order valence-corrected chi connectivity index (χ3v) is 3.75. The van der Waals surface area contributed by atoms with Gasteiger partial charge in [0.05, 0.1) is 32.2 Å². The first-order valence-electron chi connectivity index (χ1n) is 7.25. The lowest BCUT2D eigenvalue weighted by Crippen LogP contribution is -1.98. The third-order valence-electron chi connectivity index (χ3n) is 3.75. The second kappa shape index (κ2) is 6.19. The predicted octanol–water partition coefficient (Wildman–Crippen LogP) is 2.85. The van der Waals surface area contributed by atoms with Gasteiger partial charge < -0.3 is 14.2 Å². The molecule has 2 aromatic heterocycles. The molecule has 124 valence electrons. The molecule has 0 aliphatic carbocycles. The Morgan fingerprint density at radius 3 is 2.29 bits per heavy atom. The van der Waals surface area contributed by atoms with E-state index in [2.05, 4.69) is 15.2 Å². The molecule has 3 rings (SSSR count). The van der Waals surface area contributed by atoms with E-state index in [0.717, 1.165) is 11.1 Å². The van der Waals surface area contributed by atoms with Gasteiger partial charge in [-0.3, -0.25) is 14.9 Å². The molecule has 0 bridgehead atoms. The largest absolute Gasteiger partial charge is 0.493 e. The Morgan fingerprint density at radius 1 is 1.08 bits per heavy atom. The summed E-state index contributed by atoms with van der Waals surface area (Å²) in [7, 11) is 4.64. The molecule has 0 atom stereocenters. The maximum Gasteiger partial charge on any atom is 0.203 e. The van der Waals surface area contributed by atoms with Gasteiger partial charge in [0.15, 0.2) is 17.3 Å². The van der Waals surface area contributed by atoms with Crippen molar-refractivity contribution in [3.63, 3.8) is 0 Å². The van der Waals surface area contributed by atoms with Crippen molar-refractivity contribution in [1.29, 1.82) is 0 Å². The Balaban J connectivity index is 2.30. The second-order valence-corrected chi connectivity index (χ2v) is 5.12. The molecule has 0 saturated carbocycles. The second-order valence-electron chi connectivity index (χ2n) is 5.12. The number of hydrogen-bond acceptors (Lipinski definition) is 6. The standard InChI is InChI=1S/C17H17N3O4/c1-9(21)15-14-11(5-6-18-15)19-20-16(14)10-7-12(22-2)17(24-4)13(8-10)23-3/h5-8H,1-4H3,(H,19,20). The van der Waals surface area contributed by atoms with Gasteiger partial charge >= 0.3 is 0 Å². The van der Waals surface area contributed by atoms with Crippen LogP contribution in [0.1, 0.15) is 17.4 Å². The number of Topliss-reactive ketones (excluding diaryl/α,β-unsaturated/α-hetero) is 1. The van der Waals surface area contributed by atoms with Crippen LogP contribution < -0.4 is 14.2 Å². The molecule has 0 fully saturated rings. The number of pyridine rings is 1. The zero-order chi connectivity index (χ0) is 17.3. The molecular weight excluding hydrogens is 310 g/mol. The fourth-order valence-electron chi connectivity index (χ4n) is 2.66. The minimum atomic E-state index is -0.129. The van der Waals surface area contributed by atoms with Crippen molar-refractivity contribution in [3.8, 4) is 28.5 Å². The first-order chi connectivity index (χ1) is 11.6. The maximum atomic E-state index is 11.9. The molecule has 0 aliphatic rings. The van der Waals surface area contributed by atoms with Crippen LogP contribution in [-0.2, 0) is 0 Å². The van der Waals surface area contributed by atoms with Gasteiger partial charge in [0, 0.05) is 18.7 Å². The number of benzene rings is 1. The number of fused-ring (bicyclic) bond motifs is 1. The molecule has 0 spiro atoms. The lowest BCUT2D eigenvalue weighted by molar-refractivity contribution is 0.101. The number of carbonyl (C=O) groups is 1. The summed E-state index contributed by atoms with van der Waals surface area (Å²) in [5.41, 5.74) is 2.43. The molecule has 2 heterocycles. The van der Waals surface area contributed by atoms with Crippen molar-refractivity contribution in [3.05, 3.63) is 30.1 Å². The summed E-state index contributed by atoms with van der Waals surface area (Å²) in [4.78, 5) is 16.1. The smallest absolute Gasteiger partial charge is 0.203 e. The Kier molecular flexibility index (Phi) is 4.07. The normalized spacial score (nSPS) is 10.7. The van der Waals surface area contributed by atoms with Crippen LogP contribution in [0.3, 0.4) is 0 Å². The SMILES string of the molecule is COc1cc(-c2n[nH]c3ccnc(C(C)=O)c23)cc(OC)c1OC. The molecule has 0 aliphatic heterocycles. The summed E-state index contributed by atoms with van der Waals surface area (Å²) in [5.74, 6) is 1.39. The molecular formula is C17H17N3O4. The van der Waals surface area contributed by atoms with Crippen molar-refractivity contribution >= 4 is 16.7 Å². The van der Waals surface area contributed by atoms with Crippen LogP contribution in [0.5, 0.6) is 17.2 Å². The van der Waals surface area contributed by atoms with Crippen molar-refractivity contribution in [1.82, 2.24) is 15.2 Å². The highest BCUT2D eigenvalue weighted by Gasteiger charge is 2.20. The number of nitrogens with one attached hydrogen (secondary N) is 1. The molecule has 7 heteroatoms. The summed E-state index contributed by atoms with van der Waals surface area (Å²) in [6.07, 6.45) is 1.58. The highest BCUT2D eigenvalue weighted by molar-refractivity contribution is 6.09. The van der Waals surface area contributed by atoms with Crippen LogP contribution in [0.25, 0.3) is 22.2 Å². The number of H-pyrrole nitrogens is 1. The van der Waals surface area contributed by atoms with Gasteiger partial charge in [-0.15, -0.1) is 0 Å². The number of nitrogens with zero attached hydrogens (tertiary/aromatic N) is 2. The number of hydrogen-bond donors (Lipinski definition) is 1. The van der Waals surface area contributed by atoms with Crippen molar-refractivity contribution < 1.29 is 19.0 Å². The summed E-state index contributed by atoms with van der Waals surface area (Å²) in [5, 5.41) is 7.94. The molecule has 1 N–H and O–H groups in total. The summed E-state index contributed by atoms with van der Waals surface area (Å²) in [6.45, 7) is 1.48. The number of aromatic nitrogens is 3. The number of aromatic amines is 1. The maximum absolute atomic E-state index is 11.9. The minimum absolute atomic E-state index is 0.129. The number of rotatable bonds is 5. The monoisotopic (exact) mass is 327 g/mol. The van der Waals surface area contributed by atoms with Gasteiger partial charge in [0.1, 0.15) is 11.4 Å². The van der Waals surface area contributed by atoms with E-state index >= 15 is 0 Å². The molecule has 24 heavy (non-hydrogen) atoms. The van der Waals surface area contributed by atoms with Crippen LogP contribution >= 0.6 is 0 Å². The van der Waals surface area contributed by atoms with Gasteiger partial charge in [-0.2, -0.15) is 5.10 Å². The lowest BCUT2D eigenvalue weighted by Gasteiger charge is -2.13. The fourth-order valence-corrected chi connectivity index (χ4v) is 2.66. The van der Waals surface area contributed by atoms with Gasteiger partial charge in [-0.1, -0.05) is 0 Å². The van der Waals surface area contributed by atoms with Crippen LogP contribution in [0.15, 0.2) is 24.4 Å². The molecule has 3 aromatic rings. The van der Waals surface area contributed by atoms with E-state index in [1.165, 1.54) is 6.92 Å². The quantitative estimate of drug-likeness (QED) is 0.725. The Hall–Kier alpha value is -3.09. The third kappa shape index (κ3) is 2.44. The number of methoxy groups -OCH3 is 3. The molecule has 1 aromatic carbocycles. The van der Waals surface area contributed by atoms with Gasteiger partial charge in [0.25, 0.3) is 0 Å². The Labute approximate surface area is 138 Å². The molecule has 0 saturated heterocycles. The average Bonchev–Trinajstić information content (AvgIpc) is 3.04. The highest BCUT2D eigenvalue weighted by atomic mass is 16.5. The first-order valence-corrected chi connectivity index (χ1v) is 7.25. The fraction of sp³-hybridized carbons (Fsp3) is 0.235. The number of ketones is 1. The number of ether oxygens (including phenoxy) is 3. The van der Waals surface area contributed by atoms with E-state index in [1.807, 2.05) is 0 Å². The highest BCUT2D eigenvalue weighted by Crippen LogP contribution is 2.42. The average molecular weight is 327 g/mol. The van der Waals surface area contributed by atoms with Crippen LogP contribution in [-0.4, -0.2) is 42.3 Å². The van der Waals surface area contributed by atoms with Crippen LogP contribution in [0, 0.1) is 0 Å². The van der Waals surface area contributed by atoms with E-state index in [4.69, 9.17) is 14.2 Å². The first kappa shape index (κ1) is 15.8. The van der Waals surface area contributed by atoms with Crippen molar-refractivity contribution in [2.45, 2.75) is 6.92 Å². The zero-order valence-electron chi connectivity index (χ0n) is 13.8. The van der Waals surface area contributed by atoms with E-state index in [9.17, 15) is 4.79 Å². The predicted molar refractivity (Wildman–Crippen MR) is 89.0 cm³/mol. The Bertz CT molecular complexity index is 892. The number of carbonyl (C=O) groups excluding carboxylic acids is 1. The van der Waals surface area contributed by atoms with Crippen molar-refractivity contribution in [2.24, 2.45) is 0 Å². The van der Waals surface area contributed by atoms with E-state index < -0.39 is 0 Å². The molecule has 0 unspecified atom stereocenters. The minimum Gasteiger partial charge on any atom is -0.493 e. The van der Waals surface area contributed by atoms with E-state index in [1.54, 1.807) is 45.7 Å². The molecule has 7 nitrogen and oxygen atoms in total. The molecule has 0 amide bonds. The van der Waals surface area contributed by atoms with Gasteiger partial charge in [-0.05, 0) is 18.2 Å². The topological polar surface area (TPSA) is 86.3 Å². The zero-order valence-corrected chi connectivity index (χ0v) is 13.8. The Morgan fingerprint density at radius 2 is 1.75 bits per heavy atom. The van der Waals surface area contributed by atoms with E-state index in [-0.39, 0.29) is 5.78 Å². The molecule has 0 radical (unpaired) electrons.